The lowest BCUT2D eigenvalue weighted by molar-refractivity contribution is 0.475. The zero-order valence-electron chi connectivity index (χ0n) is 6.26. The molecule has 1 aromatic rings. The summed E-state index contributed by atoms with van der Waals surface area (Å²) < 4.78 is 0. The van der Waals surface area contributed by atoms with Gasteiger partial charge in [-0.15, -0.1) is 0 Å². The number of hydrogen-bond donors (Lipinski definition) is 2. The Balaban J connectivity index is 2.86. The zero-order chi connectivity index (χ0) is 8.27. The molecule has 0 aliphatic carbocycles. The van der Waals surface area contributed by atoms with Gasteiger partial charge in [0.05, 0.1) is 5.02 Å². The van der Waals surface area contributed by atoms with Gasteiger partial charge in [0.1, 0.15) is 5.75 Å². The first kappa shape index (κ1) is 8.37. The Morgan fingerprint density at radius 2 is 2.27 bits per heavy atom. The van der Waals surface area contributed by atoms with Crippen molar-refractivity contribution in [3.05, 3.63) is 28.8 Å². The highest BCUT2D eigenvalue weighted by atomic mass is 35.5. The largest absolute Gasteiger partial charge is 0.506 e. The highest BCUT2D eigenvalue weighted by Crippen LogP contribution is 2.23. The predicted molar refractivity (Wildman–Crippen MR) is 45.9 cm³/mol. The molecular formula is C8H10ClNO. The van der Waals surface area contributed by atoms with E-state index in [2.05, 4.69) is 5.32 Å². The molecule has 0 aromatic heterocycles. The number of rotatable bonds is 2. The Morgan fingerprint density at radius 3 is 2.82 bits per heavy atom. The first-order valence-electron chi connectivity index (χ1n) is 3.36. The minimum Gasteiger partial charge on any atom is -0.506 e. The summed E-state index contributed by atoms with van der Waals surface area (Å²) in [6, 6.07) is 5.17. The molecule has 0 saturated carbocycles. The van der Waals surface area contributed by atoms with E-state index in [-0.39, 0.29) is 5.75 Å². The smallest absolute Gasteiger partial charge is 0.134 e. The average Bonchev–Trinajstić information content (AvgIpc) is 1.98. The summed E-state index contributed by atoms with van der Waals surface area (Å²) in [5.41, 5.74) is 1.07. The van der Waals surface area contributed by atoms with E-state index < -0.39 is 0 Å². The number of benzene rings is 1. The first-order chi connectivity index (χ1) is 5.24. The fraction of sp³-hybridized carbons (Fsp3) is 0.250. The van der Waals surface area contributed by atoms with Gasteiger partial charge in [0.2, 0.25) is 0 Å². The van der Waals surface area contributed by atoms with Crippen LogP contribution < -0.4 is 5.32 Å². The van der Waals surface area contributed by atoms with E-state index in [4.69, 9.17) is 16.7 Å². The molecule has 0 saturated heterocycles. The Hall–Kier alpha value is -0.730. The second kappa shape index (κ2) is 3.60. The molecule has 1 aromatic carbocycles. The van der Waals surface area contributed by atoms with E-state index in [1.165, 1.54) is 0 Å². The quantitative estimate of drug-likeness (QED) is 0.711. The van der Waals surface area contributed by atoms with Crippen LogP contribution in [0, 0.1) is 0 Å². The van der Waals surface area contributed by atoms with Gasteiger partial charge in [0.25, 0.3) is 0 Å². The van der Waals surface area contributed by atoms with Gasteiger partial charge < -0.3 is 10.4 Å². The van der Waals surface area contributed by atoms with E-state index in [0.717, 1.165) is 12.1 Å². The minimum absolute atomic E-state index is 0.131. The molecule has 0 fully saturated rings. The molecule has 2 N–H and O–H groups in total. The van der Waals surface area contributed by atoms with Gasteiger partial charge in [-0.1, -0.05) is 17.7 Å². The van der Waals surface area contributed by atoms with Crippen molar-refractivity contribution in [2.75, 3.05) is 7.05 Å². The third-order valence-electron chi connectivity index (χ3n) is 1.39. The summed E-state index contributed by atoms with van der Waals surface area (Å²) >= 11 is 5.67. The molecule has 0 aliphatic heterocycles. The second-order valence-electron chi connectivity index (χ2n) is 2.32. The van der Waals surface area contributed by atoms with E-state index in [1.54, 1.807) is 12.1 Å². The average molecular weight is 172 g/mol. The van der Waals surface area contributed by atoms with Gasteiger partial charge in [-0.05, 0) is 24.7 Å². The number of hydrogen-bond acceptors (Lipinski definition) is 2. The lowest BCUT2D eigenvalue weighted by atomic mass is 10.2. The molecule has 2 nitrogen and oxygen atoms in total. The molecule has 0 unspecified atom stereocenters. The van der Waals surface area contributed by atoms with Gasteiger partial charge >= 0.3 is 0 Å². The Morgan fingerprint density at radius 1 is 1.55 bits per heavy atom. The molecule has 0 atom stereocenters. The van der Waals surface area contributed by atoms with Gasteiger partial charge in [-0.3, -0.25) is 0 Å². The monoisotopic (exact) mass is 171 g/mol. The van der Waals surface area contributed by atoms with Crippen molar-refractivity contribution < 1.29 is 5.11 Å². The SMILES string of the molecule is CNCc1ccc(O)c(Cl)c1. The Kier molecular flexibility index (Phi) is 2.74. The second-order valence-corrected chi connectivity index (χ2v) is 2.72. The van der Waals surface area contributed by atoms with Crippen LogP contribution in [0.1, 0.15) is 5.56 Å². The van der Waals surface area contributed by atoms with Crippen LogP contribution >= 0.6 is 11.6 Å². The maximum atomic E-state index is 9.06. The highest BCUT2D eigenvalue weighted by molar-refractivity contribution is 6.32. The molecule has 3 heteroatoms. The molecule has 0 aliphatic rings. The molecule has 0 heterocycles. The summed E-state index contributed by atoms with van der Waals surface area (Å²) in [5, 5.41) is 12.5. The molecule has 11 heavy (non-hydrogen) atoms. The number of phenolic OH excluding ortho intramolecular Hbond substituents is 1. The Bertz CT molecular complexity index is 250. The van der Waals surface area contributed by atoms with Crippen molar-refractivity contribution in [1.29, 1.82) is 0 Å². The fourth-order valence-corrected chi connectivity index (χ4v) is 1.07. The maximum absolute atomic E-state index is 9.06. The Labute approximate surface area is 70.8 Å². The molecular weight excluding hydrogens is 162 g/mol. The van der Waals surface area contributed by atoms with Crippen molar-refractivity contribution in [3.8, 4) is 5.75 Å². The van der Waals surface area contributed by atoms with Gasteiger partial charge in [-0.2, -0.15) is 0 Å². The molecule has 0 radical (unpaired) electrons. The van der Waals surface area contributed by atoms with Crippen LogP contribution in [0.4, 0.5) is 0 Å². The van der Waals surface area contributed by atoms with Crippen LogP contribution in [0.2, 0.25) is 5.02 Å². The summed E-state index contributed by atoms with van der Waals surface area (Å²) in [7, 11) is 1.86. The van der Waals surface area contributed by atoms with Gasteiger partial charge in [0.15, 0.2) is 0 Å². The molecule has 1 rings (SSSR count). The van der Waals surface area contributed by atoms with Crippen molar-refractivity contribution in [3.63, 3.8) is 0 Å². The predicted octanol–water partition coefficient (Wildman–Crippen LogP) is 1.76. The summed E-state index contributed by atoms with van der Waals surface area (Å²) in [6.07, 6.45) is 0. The van der Waals surface area contributed by atoms with Crippen LogP contribution in [-0.4, -0.2) is 12.2 Å². The number of halogens is 1. The van der Waals surface area contributed by atoms with Crippen LogP contribution in [0.3, 0.4) is 0 Å². The van der Waals surface area contributed by atoms with Crippen LogP contribution in [0.15, 0.2) is 18.2 Å². The van der Waals surface area contributed by atoms with Crippen LogP contribution in [0.5, 0.6) is 5.75 Å². The van der Waals surface area contributed by atoms with E-state index >= 15 is 0 Å². The summed E-state index contributed by atoms with van der Waals surface area (Å²) in [4.78, 5) is 0. The number of nitrogens with one attached hydrogen (secondary N) is 1. The minimum atomic E-state index is 0.131. The normalized spacial score (nSPS) is 10.0. The van der Waals surface area contributed by atoms with Crippen molar-refractivity contribution in [2.45, 2.75) is 6.54 Å². The lowest BCUT2D eigenvalue weighted by Gasteiger charge is -2.01. The highest BCUT2D eigenvalue weighted by Gasteiger charge is 1.97. The standard InChI is InChI=1S/C8H10ClNO/c1-10-5-6-2-3-8(11)7(9)4-6/h2-4,10-11H,5H2,1H3. The maximum Gasteiger partial charge on any atom is 0.134 e. The van der Waals surface area contributed by atoms with Crippen molar-refractivity contribution in [1.82, 2.24) is 5.32 Å². The third-order valence-corrected chi connectivity index (χ3v) is 1.70. The zero-order valence-corrected chi connectivity index (χ0v) is 7.02. The molecule has 0 bridgehead atoms. The van der Waals surface area contributed by atoms with Gasteiger partial charge in [-0.25, -0.2) is 0 Å². The van der Waals surface area contributed by atoms with Crippen LogP contribution in [0.25, 0.3) is 0 Å². The van der Waals surface area contributed by atoms with Crippen LogP contribution in [-0.2, 0) is 6.54 Å². The molecule has 60 valence electrons. The van der Waals surface area contributed by atoms with E-state index in [9.17, 15) is 0 Å². The fourth-order valence-electron chi connectivity index (χ4n) is 0.864. The van der Waals surface area contributed by atoms with Gasteiger partial charge in [0, 0.05) is 6.54 Å². The summed E-state index contributed by atoms with van der Waals surface area (Å²) in [6.45, 7) is 0.764. The van der Waals surface area contributed by atoms with E-state index in [1.807, 2.05) is 13.1 Å². The number of aromatic hydroxyl groups is 1. The molecule has 0 spiro atoms. The molecule has 0 amide bonds. The number of phenols is 1. The van der Waals surface area contributed by atoms with E-state index in [0.29, 0.717) is 5.02 Å². The lowest BCUT2D eigenvalue weighted by Crippen LogP contribution is -2.04. The third kappa shape index (κ3) is 2.10. The van der Waals surface area contributed by atoms with Crippen molar-refractivity contribution >= 4 is 11.6 Å². The first-order valence-corrected chi connectivity index (χ1v) is 3.74. The summed E-state index contributed by atoms with van der Waals surface area (Å²) in [5.74, 6) is 0.131. The topological polar surface area (TPSA) is 32.3 Å². The van der Waals surface area contributed by atoms with Crippen molar-refractivity contribution in [2.24, 2.45) is 0 Å².